The van der Waals surface area contributed by atoms with Crippen molar-refractivity contribution in [1.82, 2.24) is 0 Å². The van der Waals surface area contributed by atoms with Gasteiger partial charge in [-0.05, 0) is 167 Å². The van der Waals surface area contributed by atoms with Gasteiger partial charge in [0.15, 0.2) is 0 Å². The van der Waals surface area contributed by atoms with Gasteiger partial charge in [0.05, 0.1) is 26.1 Å². The van der Waals surface area contributed by atoms with Gasteiger partial charge in [-0.15, -0.1) is 6.58 Å². The minimum atomic E-state index is -0.0424. The molecule has 0 aromatic heterocycles. The number of ether oxygens (including phenoxy) is 2. The van der Waals surface area contributed by atoms with E-state index in [1.807, 2.05) is 0 Å². The van der Waals surface area contributed by atoms with Gasteiger partial charge in [-0.2, -0.15) is 0 Å². The Balaban J connectivity index is 0.000000204. The van der Waals surface area contributed by atoms with Crippen LogP contribution in [0.4, 0.5) is 0 Å². The Morgan fingerprint density at radius 1 is 0.600 bits per heavy atom. The van der Waals surface area contributed by atoms with Crippen LogP contribution < -0.4 is 0 Å². The van der Waals surface area contributed by atoms with E-state index in [9.17, 15) is 9.59 Å². The standard InChI is InChI=1S/C25H36O2.C14H17BrO2.C11H20/c1-3-4-19-5-7-20(8-6-19)9-10-21-11-13-22(14-12-21)23-15-17-24(18-16-23)25(26)27-2;1-17-14(16)12-4-2-10(3-5-12)11-6-8-13(15)9-7-11;1-3-5-11-8-6-10(4-2)7-9-11/h9-14,19-20,23-24H,3-8,15-18H2,1-2H3;6-10,12H,2-5H2,1H3;4,10-11H,2-3,5-9H2,1H3. The zero-order chi connectivity index (χ0) is 39.4. The van der Waals surface area contributed by atoms with Gasteiger partial charge in [-0.25, -0.2) is 0 Å². The summed E-state index contributed by atoms with van der Waals surface area (Å²) in [6, 6.07) is 17.6. The summed E-state index contributed by atoms with van der Waals surface area (Å²) in [4.78, 5) is 23.1. The van der Waals surface area contributed by atoms with Gasteiger partial charge in [-0.1, -0.05) is 110 Å². The van der Waals surface area contributed by atoms with Crippen molar-refractivity contribution in [3.05, 3.63) is 88.4 Å². The first-order valence-electron chi connectivity index (χ1n) is 22.1. The molecule has 0 bridgehead atoms. The summed E-state index contributed by atoms with van der Waals surface area (Å²) in [5.41, 5.74) is 4.13. The second-order valence-electron chi connectivity index (χ2n) is 17.1. The third-order valence-corrected chi connectivity index (χ3v) is 13.9. The van der Waals surface area contributed by atoms with E-state index in [2.05, 4.69) is 103 Å². The van der Waals surface area contributed by atoms with Crippen LogP contribution in [0.2, 0.25) is 0 Å². The minimum absolute atomic E-state index is 0.0299. The zero-order valence-corrected chi connectivity index (χ0v) is 36.4. The SMILES string of the molecule is C=CC1CCC(CCC)CC1.CCCC1CCC(C=Cc2ccc(C3CCC(C(=O)OC)CC3)cc2)CC1.COC(=O)C1CCC(c2ccc(Br)cc2)CC1. The van der Waals surface area contributed by atoms with Gasteiger partial charge in [0.2, 0.25) is 0 Å². The molecule has 0 saturated heterocycles. The first-order valence-corrected chi connectivity index (χ1v) is 22.9. The molecule has 55 heavy (non-hydrogen) atoms. The fraction of sp³-hybridized carbons (Fsp3) is 0.640. The number of allylic oxidation sites excluding steroid dienone is 2. The van der Waals surface area contributed by atoms with Crippen molar-refractivity contribution in [3.8, 4) is 0 Å². The Labute approximate surface area is 343 Å². The molecule has 4 nitrogen and oxygen atoms in total. The van der Waals surface area contributed by atoms with E-state index >= 15 is 0 Å². The first-order chi connectivity index (χ1) is 26.8. The number of halogens is 1. The fourth-order valence-corrected chi connectivity index (χ4v) is 9.98. The summed E-state index contributed by atoms with van der Waals surface area (Å²) >= 11 is 3.45. The van der Waals surface area contributed by atoms with Crippen molar-refractivity contribution >= 4 is 33.9 Å². The summed E-state index contributed by atoms with van der Waals surface area (Å²) in [6.07, 6.45) is 31.9. The smallest absolute Gasteiger partial charge is 0.308 e. The van der Waals surface area contributed by atoms with E-state index in [4.69, 9.17) is 9.47 Å². The molecule has 0 aliphatic heterocycles. The number of benzene rings is 2. The predicted octanol–water partition coefficient (Wildman–Crippen LogP) is 14.4. The molecule has 2 aromatic carbocycles. The van der Waals surface area contributed by atoms with Crippen molar-refractivity contribution < 1.29 is 19.1 Å². The topological polar surface area (TPSA) is 52.6 Å². The Morgan fingerprint density at radius 3 is 1.38 bits per heavy atom. The van der Waals surface area contributed by atoms with E-state index in [1.165, 1.54) is 108 Å². The Kier molecular flexibility index (Phi) is 20.4. The molecule has 0 heterocycles. The van der Waals surface area contributed by atoms with Crippen LogP contribution in [0, 0.1) is 35.5 Å². The molecule has 4 aliphatic rings. The van der Waals surface area contributed by atoms with Crippen LogP contribution in [0.25, 0.3) is 6.08 Å². The van der Waals surface area contributed by atoms with E-state index in [1.54, 1.807) is 0 Å². The number of hydrogen-bond donors (Lipinski definition) is 0. The number of carbonyl (C=O) groups excluding carboxylic acids is 2. The molecule has 304 valence electrons. The van der Waals surface area contributed by atoms with Crippen LogP contribution in [-0.4, -0.2) is 26.2 Å². The molecule has 6 rings (SSSR count). The van der Waals surface area contributed by atoms with Crippen molar-refractivity contribution in [1.29, 1.82) is 0 Å². The molecule has 4 aliphatic carbocycles. The highest BCUT2D eigenvalue weighted by Crippen LogP contribution is 2.38. The van der Waals surface area contributed by atoms with Crippen LogP contribution in [0.5, 0.6) is 0 Å². The van der Waals surface area contributed by atoms with Gasteiger partial charge in [-0.3, -0.25) is 9.59 Å². The van der Waals surface area contributed by atoms with Crippen molar-refractivity contribution in [2.24, 2.45) is 35.5 Å². The van der Waals surface area contributed by atoms with Crippen LogP contribution in [0.3, 0.4) is 0 Å². The fourth-order valence-electron chi connectivity index (χ4n) is 9.72. The van der Waals surface area contributed by atoms with Gasteiger partial charge in [0.1, 0.15) is 0 Å². The van der Waals surface area contributed by atoms with E-state index in [0.29, 0.717) is 11.8 Å². The molecule has 0 radical (unpaired) electrons. The molecule has 4 saturated carbocycles. The van der Waals surface area contributed by atoms with Gasteiger partial charge >= 0.3 is 11.9 Å². The third kappa shape index (κ3) is 15.3. The number of carbonyl (C=O) groups is 2. The number of esters is 2. The summed E-state index contributed by atoms with van der Waals surface area (Å²) in [5.74, 6) is 4.98. The third-order valence-electron chi connectivity index (χ3n) is 13.3. The summed E-state index contributed by atoms with van der Waals surface area (Å²) in [7, 11) is 2.97. The maximum atomic E-state index is 11.7. The van der Waals surface area contributed by atoms with E-state index in [-0.39, 0.29) is 23.8 Å². The maximum Gasteiger partial charge on any atom is 0.308 e. The Morgan fingerprint density at radius 2 is 1.00 bits per heavy atom. The number of methoxy groups -OCH3 is 2. The summed E-state index contributed by atoms with van der Waals surface area (Å²) in [5, 5.41) is 0. The lowest BCUT2D eigenvalue weighted by Gasteiger charge is -2.27. The molecule has 4 fully saturated rings. The van der Waals surface area contributed by atoms with Gasteiger partial charge in [0, 0.05) is 4.47 Å². The number of rotatable bonds is 11. The van der Waals surface area contributed by atoms with Crippen molar-refractivity contribution in [2.45, 2.75) is 154 Å². The van der Waals surface area contributed by atoms with Crippen LogP contribution in [0.15, 0.2) is 71.7 Å². The molecule has 0 amide bonds. The second-order valence-corrected chi connectivity index (χ2v) is 18.0. The molecule has 0 spiro atoms. The van der Waals surface area contributed by atoms with E-state index < -0.39 is 0 Å². The molecule has 0 N–H and O–H groups in total. The predicted molar refractivity (Wildman–Crippen MR) is 234 cm³/mol. The van der Waals surface area contributed by atoms with Gasteiger partial charge < -0.3 is 9.47 Å². The molecule has 0 atom stereocenters. The summed E-state index contributed by atoms with van der Waals surface area (Å²) in [6.45, 7) is 8.45. The lowest BCUT2D eigenvalue weighted by atomic mass is 9.78. The van der Waals surface area contributed by atoms with Crippen LogP contribution in [-0.2, 0) is 19.1 Å². The molecular formula is C50H73BrO4. The lowest BCUT2D eigenvalue weighted by Crippen LogP contribution is -2.22. The van der Waals surface area contributed by atoms with E-state index in [0.717, 1.165) is 79.5 Å². The minimum Gasteiger partial charge on any atom is -0.469 e. The molecular weight excluding hydrogens is 744 g/mol. The van der Waals surface area contributed by atoms with Crippen molar-refractivity contribution in [2.75, 3.05) is 14.2 Å². The highest BCUT2D eigenvalue weighted by molar-refractivity contribution is 9.10. The first kappa shape index (κ1) is 45.0. The van der Waals surface area contributed by atoms with Crippen molar-refractivity contribution in [3.63, 3.8) is 0 Å². The molecule has 5 heteroatoms. The van der Waals surface area contributed by atoms with Gasteiger partial charge in [0.25, 0.3) is 0 Å². The van der Waals surface area contributed by atoms with Crippen LogP contribution in [0.1, 0.15) is 171 Å². The Hall–Kier alpha value is -2.66. The number of hydrogen-bond acceptors (Lipinski definition) is 4. The summed E-state index contributed by atoms with van der Waals surface area (Å²) < 4.78 is 10.8. The Bertz CT molecular complexity index is 1400. The average molecular weight is 818 g/mol. The maximum absolute atomic E-state index is 11.7. The molecule has 2 aromatic rings. The van der Waals surface area contributed by atoms with Crippen LogP contribution >= 0.6 is 15.9 Å². The quantitative estimate of drug-likeness (QED) is 0.167. The zero-order valence-electron chi connectivity index (χ0n) is 34.8. The normalized spacial score (nSPS) is 28.1. The molecule has 0 unspecified atom stereocenters. The lowest BCUT2D eigenvalue weighted by molar-refractivity contribution is -0.147. The highest BCUT2D eigenvalue weighted by atomic mass is 79.9. The largest absolute Gasteiger partial charge is 0.469 e. The average Bonchev–Trinajstić information content (AvgIpc) is 3.24. The monoisotopic (exact) mass is 816 g/mol. The highest BCUT2D eigenvalue weighted by Gasteiger charge is 2.29. The second kappa shape index (κ2) is 24.9.